The third kappa shape index (κ3) is 3.63. The van der Waals surface area contributed by atoms with Gasteiger partial charge in [0.2, 0.25) is 0 Å². The van der Waals surface area contributed by atoms with Crippen LogP contribution in [0.2, 0.25) is 0 Å². The fourth-order valence-corrected chi connectivity index (χ4v) is 1.96. The fraction of sp³-hybridized carbons (Fsp3) is 0.300. The Balaban J connectivity index is 2.84. The van der Waals surface area contributed by atoms with Gasteiger partial charge in [-0.15, -0.1) is 0 Å². The van der Waals surface area contributed by atoms with Crippen molar-refractivity contribution in [2.24, 2.45) is 0 Å². The van der Waals surface area contributed by atoms with Gasteiger partial charge in [-0.3, -0.25) is 19.7 Å². The minimum atomic E-state index is -0.802. The molecule has 0 bridgehead atoms. The zero-order valence-electron chi connectivity index (χ0n) is 9.25. The molecular formula is C10H10N2O4S. The van der Waals surface area contributed by atoms with E-state index < -0.39 is 10.2 Å². The number of carbonyl (C=O) groups is 2. The summed E-state index contributed by atoms with van der Waals surface area (Å²) in [5.74, 6) is -0.523. The van der Waals surface area contributed by atoms with Gasteiger partial charge in [0.15, 0.2) is 11.6 Å². The number of nitrogens with zero attached hydrogens (tertiary/aromatic N) is 2. The molecule has 90 valence electrons. The Bertz CT molecular complexity index is 444. The highest BCUT2D eigenvalue weighted by Gasteiger charge is 2.21. The molecule has 1 heterocycles. The predicted molar refractivity (Wildman–Crippen MR) is 61.9 cm³/mol. The first-order chi connectivity index (χ1) is 7.91. The molecule has 0 atom stereocenters. The van der Waals surface area contributed by atoms with E-state index in [0.717, 1.165) is 18.0 Å². The maximum Gasteiger partial charge on any atom is 0.287 e. The lowest BCUT2D eigenvalue weighted by molar-refractivity contribution is -0.385. The first kappa shape index (κ1) is 13.3. The van der Waals surface area contributed by atoms with Gasteiger partial charge in [-0.05, 0) is 19.9 Å². The van der Waals surface area contributed by atoms with Crippen LogP contribution in [0.15, 0.2) is 23.4 Å². The summed E-state index contributed by atoms with van der Waals surface area (Å²) in [6.45, 7) is 2.65. The number of carbonyl (C=O) groups excluding carboxylic acids is 2. The van der Waals surface area contributed by atoms with E-state index in [1.807, 2.05) is 0 Å². The topological polar surface area (TPSA) is 90.2 Å². The van der Waals surface area contributed by atoms with E-state index in [1.54, 1.807) is 0 Å². The summed E-state index contributed by atoms with van der Waals surface area (Å²) < 4.78 is 0. The number of thioether (sulfide) groups is 1. The second-order valence-electron chi connectivity index (χ2n) is 3.33. The predicted octanol–water partition coefficient (Wildman–Crippen LogP) is 1.63. The SMILES string of the molecule is CC(=O)C(Sc1ccc([N+](=O)[O-])cn1)C(C)=O. The third-order valence-electron chi connectivity index (χ3n) is 1.91. The highest BCUT2D eigenvalue weighted by molar-refractivity contribution is 8.01. The van der Waals surface area contributed by atoms with Crippen LogP contribution in [0.1, 0.15) is 13.8 Å². The molecule has 0 amide bonds. The monoisotopic (exact) mass is 254 g/mol. The van der Waals surface area contributed by atoms with Gasteiger partial charge in [-0.1, -0.05) is 11.8 Å². The molecule has 0 saturated carbocycles. The van der Waals surface area contributed by atoms with Crippen molar-refractivity contribution in [2.75, 3.05) is 0 Å². The second-order valence-corrected chi connectivity index (χ2v) is 4.46. The molecule has 1 aromatic rings. The molecule has 0 fully saturated rings. The molecule has 17 heavy (non-hydrogen) atoms. The molecule has 0 spiro atoms. The van der Waals surface area contributed by atoms with E-state index in [4.69, 9.17) is 0 Å². The molecule has 0 radical (unpaired) electrons. The summed E-state index contributed by atoms with van der Waals surface area (Å²) in [6.07, 6.45) is 1.10. The van der Waals surface area contributed by atoms with Gasteiger partial charge in [0.1, 0.15) is 11.4 Å². The number of Topliss-reactive ketones (excluding diaryl/α,β-unsaturated/α-hetero) is 2. The summed E-state index contributed by atoms with van der Waals surface area (Å²) >= 11 is 0.993. The number of pyridine rings is 1. The number of aromatic nitrogens is 1. The Morgan fingerprint density at radius 2 is 1.94 bits per heavy atom. The Hall–Kier alpha value is -1.76. The summed E-state index contributed by atoms with van der Waals surface area (Å²) in [5.41, 5.74) is -0.128. The van der Waals surface area contributed by atoms with Gasteiger partial charge in [0.25, 0.3) is 5.69 Å². The van der Waals surface area contributed by atoms with Crippen molar-refractivity contribution < 1.29 is 14.5 Å². The van der Waals surface area contributed by atoms with Crippen LogP contribution in [-0.4, -0.2) is 26.7 Å². The van der Waals surface area contributed by atoms with Crippen LogP contribution in [0.4, 0.5) is 5.69 Å². The van der Waals surface area contributed by atoms with Gasteiger partial charge in [0.05, 0.1) is 9.95 Å². The van der Waals surface area contributed by atoms with Crippen molar-refractivity contribution in [1.29, 1.82) is 0 Å². The van der Waals surface area contributed by atoms with Crippen LogP contribution >= 0.6 is 11.8 Å². The minimum absolute atomic E-state index is 0.128. The van der Waals surface area contributed by atoms with Crippen LogP contribution in [0.3, 0.4) is 0 Å². The van der Waals surface area contributed by atoms with Crippen LogP contribution in [0, 0.1) is 10.1 Å². The van der Waals surface area contributed by atoms with Crippen LogP contribution < -0.4 is 0 Å². The average molecular weight is 254 g/mol. The van der Waals surface area contributed by atoms with E-state index in [-0.39, 0.29) is 17.3 Å². The maximum atomic E-state index is 11.2. The average Bonchev–Trinajstić information content (AvgIpc) is 2.25. The van der Waals surface area contributed by atoms with Gasteiger partial charge in [0, 0.05) is 6.07 Å². The van der Waals surface area contributed by atoms with Crippen molar-refractivity contribution in [3.8, 4) is 0 Å². The first-order valence-corrected chi connectivity index (χ1v) is 5.57. The maximum absolute atomic E-state index is 11.2. The zero-order valence-corrected chi connectivity index (χ0v) is 10.1. The summed E-state index contributed by atoms with van der Waals surface area (Å²) in [5, 5.41) is 10.0. The summed E-state index contributed by atoms with van der Waals surface area (Å²) in [6, 6.07) is 2.70. The van der Waals surface area contributed by atoms with E-state index in [2.05, 4.69) is 4.98 Å². The Morgan fingerprint density at radius 3 is 2.29 bits per heavy atom. The highest BCUT2D eigenvalue weighted by atomic mass is 32.2. The largest absolute Gasteiger partial charge is 0.298 e. The lowest BCUT2D eigenvalue weighted by Gasteiger charge is -2.08. The van der Waals surface area contributed by atoms with E-state index in [0.29, 0.717) is 5.03 Å². The van der Waals surface area contributed by atoms with Crippen molar-refractivity contribution in [3.63, 3.8) is 0 Å². The second kappa shape index (κ2) is 5.53. The molecular weight excluding hydrogens is 244 g/mol. The van der Waals surface area contributed by atoms with Gasteiger partial charge in [-0.2, -0.15) is 0 Å². The van der Waals surface area contributed by atoms with Crippen molar-refractivity contribution >= 4 is 29.0 Å². The minimum Gasteiger partial charge on any atom is -0.298 e. The van der Waals surface area contributed by atoms with Crippen LogP contribution in [-0.2, 0) is 9.59 Å². The Morgan fingerprint density at radius 1 is 1.35 bits per heavy atom. The van der Waals surface area contributed by atoms with E-state index in [9.17, 15) is 19.7 Å². The molecule has 0 saturated heterocycles. The van der Waals surface area contributed by atoms with Crippen molar-refractivity contribution in [1.82, 2.24) is 4.98 Å². The molecule has 0 aliphatic carbocycles. The molecule has 1 aromatic heterocycles. The number of ketones is 2. The van der Waals surface area contributed by atoms with Crippen molar-refractivity contribution in [2.45, 2.75) is 24.1 Å². The first-order valence-electron chi connectivity index (χ1n) is 4.70. The summed E-state index contributed by atoms with van der Waals surface area (Å²) in [4.78, 5) is 36.0. The van der Waals surface area contributed by atoms with Gasteiger partial charge >= 0.3 is 0 Å². The highest BCUT2D eigenvalue weighted by Crippen LogP contribution is 2.24. The standard InChI is InChI=1S/C10H10N2O4S/c1-6(13)10(7(2)14)17-9-4-3-8(5-11-9)12(15)16/h3-5,10H,1-2H3. The van der Waals surface area contributed by atoms with Crippen LogP contribution in [0.25, 0.3) is 0 Å². The fourth-order valence-electron chi connectivity index (χ4n) is 1.12. The molecule has 1 rings (SSSR count). The van der Waals surface area contributed by atoms with Crippen LogP contribution in [0.5, 0.6) is 0 Å². The molecule has 0 aliphatic heterocycles. The number of rotatable bonds is 5. The zero-order chi connectivity index (χ0) is 13.0. The molecule has 7 heteroatoms. The van der Waals surface area contributed by atoms with Crippen molar-refractivity contribution in [3.05, 3.63) is 28.4 Å². The molecule has 6 nitrogen and oxygen atoms in total. The van der Waals surface area contributed by atoms with E-state index in [1.165, 1.54) is 26.0 Å². The summed E-state index contributed by atoms with van der Waals surface area (Å²) in [7, 11) is 0. The molecule has 0 aromatic carbocycles. The Labute approximate surface area is 102 Å². The lowest BCUT2D eigenvalue weighted by atomic mass is 10.2. The van der Waals surface area contributed by atoms with E-state index >= 15 is 0 Å². The van der Waals surface area contributed by atoms with Gasteiger partial charge in [-0.25, -0.2) is 4.98 Å². The lowest BCUT2D eigenvalue weighted by Crippen LogP contribution is -2.22. The number of nitro groups is 1. The Kier molecular flexibility index (Phi) is 4.33. The number of hydrogen-bond donors (Lipinski definition) is 0. The third-order valence-corrected chi connectivity index (χ3v) is 3.29. The van der Waals surface area contributed by atoms with Gasteiger partial charge < -0.3 is 0 Å². The smallest absolute Gasteiger partial charge is 0.287 e. The number of hydrogen-bond acceptors (Lipinski definition) is 6. The molecule has 0 aliphatic rings. The normalized spacial score (nSPS) is 10.3. The molecule has 0 N–H and O–H groups in total. The quantitative estimate of drug-likeness (QED) is 0.343. The molecule has 0 unspecified atom stereocenters.